The molecule has 1 aromatic heterocycles. The zero-order valence-corrected chi connectivity index (χ0v) is 18.8. The van der Waals surface area contributed by atoms with Crippen LogP contribution in [-0.4, -0.2) is 59.2 Å². The molecule has 0 spiro atoms. The van der Waals surface area contributed by atoms with Gasteiger partial charge in [-0.1, -0.05) is 41.5 Å². The van der Waals surface area contributed by atoms with E-state index in [2.05, 4.69) is 64.2 Å². The zero-order chi connectivity index (χ0) is 19.6. The summed E-state index contributed by atoms with van der Waals surface area (Å²) in [6, 6.07) is 2.09. The molecular weight excluding hydrogens is 346 g/mol. The van der Waals surface area contributed by atoms with Crippen molar-refractivity contribution in [2.45, 2.75) is 58.2 Å². The Morgan fingerprint density at radius 1 is 0.808 bits per heavy atom. The molecule has 0 radical (unpaired) electrons. The normalized spacial score (nSPS) is 12.5. The molecule has 0 N–H and O–H groups in total. The Labute approximate surface area is 161 Å². The van der Waals surface area contributed by atoms with Crippen LogP contribution in [0.3, 0.4) is 0 Å². The van der Waals surface area contributed by atoms with Crippen LogP contribution < -0.4 is 4.74 Å². The van der Waals surface area contributed by atoms with Gasteiger partial charge in [0.05, 0.1) is 33.0 Å². The number of methoxy groups -OCH3 is 1. The monoisotopic (exact) mass is 385 g/mol. The quantitative estimate of drug-likeness (QED) is 0.347. The Kier molecular flexibility index (Phi) is 10.5. The van der Waals surface area contributed by atoms with Crippen LogP contribution in [0.25, 0.3) is 0 Å². The fraction of sp³-hybridized carbons (Fsp3) is 0.800. The highest BCUT2D eigenvalue weighted by atomic mass is 28.3. The third-order valence-electron chi connectivity index (χ3n) is 5.19. The molecule has 0 aliphatic carbocycles. The van der Waals surface area contributed by atoms with E-state index in [0.717, 1.165) is 5.75 Å². The van der Waals surface area contributed by atoms with Crippen molar-refractivity contribution in [3.8, 4) is 5.75 Å². The molecule has 0 saturated heterocycles. The van der Waals surface area contributed by atoms with Gasteiger partial charge in [0.1, 0.15) is 12.4 Å². The fourth-order valence-electron chi connectivity index (χ4n) is 4.28. The van der Waals surface area contributed by atoms with E-state index in [-0.39, 0.29) is 0 Å². The predicted octanol–water partition coefficient (Wildman–Crippen LogP) is 4.57. The molecule has 0 bridgehead atoms. The molecule has 1 heterocycles. The highest BCUT2D eigenvalue weighted by Crippen LogP contribution is 2.43. The number of aromatic nitrogens is 1. The summed E-state index contributed by atoms with van der Waals surface area (Å²) in [5.74, 6) is 0.934. The van der Waals surface area contributed by atoms with Crippen LogP contribution in [0.2, 0.25) is 16.6 Å². The summed E-state index contributed by atoms with van der Waals surface area (Å²) in [5, 5.41) is 0. The van der Waals surface area contributed by atoms with Crippen LogP contribution in [0.1, 0.15) is 41.5 Å². The van der Waals surface area contributed by atoms with Crippen LogP contribution in [-0.2, 0) is 14.2 Å². The van der Waals surface area contributed by atoms with Gasteiger partial charge in [0.25, 0.3) is 0 Å². The molecule has 0 fully saturated rings. The van der Waals surface area contributed by atoms with Gasteiger partial charge in [-0.15, -0.1) is 0 Å². The molecule has 1 rings (SSSR count). The van der Waals surface area contributed by atoms with Gasteiger partial charge in [-0.3, -0.25) is 0 Å². The first-order chi connectivity index (χ1) is 12.4. The zero-order valence-electron chi connectivity index (χ0n) is 17.8. The Bertz CT molecular complexity index is 466. The first kappa shape index (κ1) is 23.2. The van der Waals surface area contributed by atoms with Crippen LogP contribution in [0.4, 0.5) is 0 Å². The summed E-state index contributed by atoms with van der Waals surface area (Å²) in [6.07, 6.45) is 4.41. The molecule has 0 amide bonds. The number of nitrogens with zero attached hydrogens (tertiary/aromatic N) is 1. The largest absolute Gasteiger partial charge is 0.490 e. The minimum absolute atomic E-state index is 0.557. The molecule has 1 aromatic rings. The van der Waals surface area contributed by atoms with Crippen molar-refractivity contribution in [3.05, 3.63) is 18.5 Å². The average molecular weight is 386 g/mol. The lowest BCUT2D eigenvalue weighted by Gasteiger charge is -2.44. The lowest BCUT2D eigenvalue weighted by Crippen LogP contribution is -2.51. The Balaban J connectivity index is 2.47. The van der Waals surface area contributed by atoms with E-state index < -0.39 is 8.24 Å². The topological polar surface area (TPSA) is 41.9 Å². The third kappa shape index (κ3) is 6.11. The smallest absolute Gasteiger partial charge is 0.168 e. The molecule has 0 aliphatic rings. The maximum absolute atomic E-state index is 5.88. The summed E-state index contributed by atoms with van der Waals surface area (Å²) in [6.45, 7) is 17.7. The lowest BCUT2D eigenvalue weighted by molar-refractivity contribution is 0.0180. The average Bonchev–Trinajstić information content (AvgIpc) is 3.01. The molecule has 0 unspecified atom stereocenters. The van der Waals surface area contributed by atoms with Crippen LogP contribution >= 0.6 is 0 Å². The predicted molar refractivity (Wildman–Crippen MR) is 110 cm³/mol. The van der Waals surface area contributed by atoms with E-state index in [0.29, 0.717) is 56.3 Å². The third-order valence-corrected chi connectivity index (χ3v) is 11.9. The molecule has 152 valence electrons. The van der Waals surface area contributed by atoms with Crippen molar-refractivity contribution in [1.29, 1.82) is 0 Å². The van der Waals surface area contributed by atoms with E-state index in [1.165, 1.54) is 0 Å². The number of rotatable bonds is 14. The molecule has 0 aromatic carbocycles. The molecule has 0 aliphatic heterocycles. The van der Waals surface area contributed by atoms with E-state index in [1.807, 2.05) is 0 Å². The van der Waals surface area contributed by atoms with Gasteiger partial charge in [0, 0.05) is 13.3 Å². The standard InChI is InChI=1S/C20H39NO4Si/c1-17(2)26(18(3)4,19(5)6)21-9-8-20(16-21)25-15-14-24-13-12-23-11-10-22-7/h8-9,16-19H,10-15H2,1-7H3. The van der Waals surface area contributed by atoms with Gasteiger partial charge >= 0.3 is 0 Å². The number of hydrogen-bond acceptors (Lipinski definition) is 4. The molecule has 6 heteroatoms. The second-order valence-corrected chi connectivity index (χ2v) is 13.4. The lowest BCUT2D eigenvalue weighted by atomic mass is 10.5. The molecular formula is C20H39NO4Si. The second-order valence-electron chi connectivity index (χ2n) is 7.67. The highest BCUT2D eigenvalue weighted by Gasteiger charge is 2.45. The van der Waals surface area contributed by atoms with E-state index in [9.17, 15) is 0 Å². The minimum atomic E-state index is -1.68. The van der Waals surface area contributed by atoms with Crippen molar-refractivity contribution in [2.24, 2.45) is 0 Å². The van der Waals surface area contributed by atoms with Crippen molar-refractivity contribution < 1.29 is 18.9 Å². The van der Waals surface area contributed by atoms with Gasteiger partial charge in [-0.2, -0.15) is 0 Å². The van der Waals surface area contributed by atoms with Crippen molar-refractivity contribution in [1.82, 2.24) is 4.23 Å². The summed E-state index contributed by atoms with van der Waals surface area (Å²) in [4.78, 5) is 0. The van der Waals surface area contributed by atoms with Crippen molar-refractivity contribution in [3.63, 3.8) is 0 Å². The van der Waals surface area contributed by atoms with E-state index in [4.69, 9.17) is 18.9 Å². The maximum atomic E-state index is 5.88. The molecule has 0 atom stereocenters. The summed E-state index contributed by atoms with van der Waals surface area (Å²) >= 11 is 0. The number of ether oxygens (including phenoxy) is 4. The first-order valence-corrected chi connectivity index (χ1v) is 12.0. The van der Waals surface area contributed by atoms with Crippen LogP contribution in [0, 0.1) is 0 Å². The minimum Gasteiger partial charge on any atom is -0.490 e. The van der Waals surface area contributed by atoms with Crippen molar-refractivity contribution in [2.75, 3.05) is 46.8 Å². The molecule has 0 saturated carbocycles. The summed E-state index contributed by atoms with van der Waals surface area (Å²) in [5.41, 5.74) is 2.01. The van der Waals surface area contributed by atoms with Gasteiger partial charge < -0.3 is 23.2 Å². The van der Waals surface area contributed by atoms with Crippen LogP contribution in [0.15, 0.2) is 18.5 Å². The van der Waals surface area contributed by atoms with Crippen molar-refractivity contribution >= 4 is 8.24 Å². The van der Waals surface area contributed by atoms with E-state index in [1.54, 1.807) is 7.11 Å². The highest BCUT2D eigenvalue weighted by molar-refractivity contribution is 6.82. The van der Waals surface area contributed by atoms with Gasteiger partial charge in [0.2, 0.25) is 0 Å². The Hall–Kier alpha value is -0.823. The van der Waals surface area contributed by atoms with Gasteiger partial charge in [-0.25, -0.2) is 0 Å². The molecule has 5 nitrogen and oxygen atoms in total. The Morgan fingerprint density at radius 3 is 1.81 bits per heavy atom. The fourth-order valence-corrected chi connectivity index (χ4v) is 10.8. The van der Waals surface area contributed by atoms with E-state index >= 15 is 0 Å². The summed E-state index contributed by atoms with van der Waals surface area (Å²) < 4.78 is 24.2. The van der Waals surface area contributed by atoms with Gasteiger partial charge in [0.15, 0.2) is 8.24 Å². The summed E-state index contributed by atoms with van der Waals surface area (Å²) in [7, 11) is -0.0133. The first-order valence-electron chi connectivity index (χ1n) is 9.83. The SMILES string of the molecule is COCCOCCOCCOc1ccn([Si](C(C)C)(C(C)C)C(C)C)c1. The molecule has 26 heavy (non-hydrogen) atoms. The van der Waals surface area contributed by atoms with Gasteiger partial charge in [-0.05, 0) is 28.9 Å². The Morgan fingerprint density at radius 2 is 1.31 bits per heavy atom. The number of hydrogen-bond donors (Lipinski definition) is 0. The maximum Gasteiger partial charge on any atom is 0.168 e. The second kappa shape index (κ2) is 11.8. The van der Waals surface area contributed by atoms with Crippen LogP contribution in [0.5, 0.6) is 5.75 Å².